The molecule has 1 saturated carbocycles. The van der Waals surface area contributed by atoms with Crippen molar-refractivity contribution in [1.29, 1.82) is 0 Å². The first-order valence-corrected chi connectivity index (χ1v) is 7.64. The second kappa shape index (κ2) is 5.77. The summed E-state index contributed by atoms with van der Waals surface area (Å²) in [5.41, 5.74) is 6.04. The maximum atomic E-state index is 12.1. The maximum Gasteiger partial charge on any atom is 0.265 e. The van der Waals surface area contributed by atoms with Crippen molar-refractivity contribution in [3.05, 3.63) is 4.88 Å². The van der Waals surface area contributed by atoms with Crippen LogP contribution in [-0.4, -0.2) is 24.0 Å². The van der Waals surface area contributed by atoms with Crippen LogP contribution >= 0.6 is 11.3 Å². The minimum absolute atomic E-state index is 0.104. The van der Waals surface area contributed by atoms with Crippen LogP contribution in [0.1, 0.15) is 49.2 Å². The number of nitrogens with two attached hydrogens (primary N) is 1. The molecule has 0 saturated heterocycles. The van der Waals surface area contributed by atoms with E-state index < -0.39 is 0 Å². The normalized spacial score (nSPS) is 17.4. The van der Waals surface area contributed by atoms with Gasteiger partial charge in [-0.3, -0.25) is 4.79 Å². The Hall–Kier alpha value is -1.30. The Kier molecular flexibility index (Phi) is 4.29. The quantitative estimate of drug-likeness (QED) is 0.775. The maximum absolute atomic E-state index is 12.1. The number of rotatable bonds is 5. The van der Waals surface area contributed by atoms with E-state index in [1.54, 1.807) is 0 Å². The van der Waals surface area contributed by atoms with Crippen LogP contribution in [0.15, 0.2) is 0 Å². The van der Waals surface area contributed by atoms with Crippen LogP contribution in [0.5, 0.6) is 0 Å². The zero-order valence-corrected chi connectivity index (χ0v) is 12.4. The van der Waals surface area contributed by atoms with Gasteiger partial charge in [-0.25, -0.2) is 4.98 Å². The van der Waals surface area contributed by atoms with E-state index in [-0.39, 0.29) is 11.3 Å². The van der Waals surface area contributed by atoms with Gasteiger partial charge in [0.25, 0.3) is 5.91 Å². The Balaban J connectivity index is 1.95. The summed E-state index contributed by atoms with van der Waals surface area (Å²) in [6.45, 7) is 5.71. The molecule has 1 aromatic rings. The highest BCUT2D eigenvalue weighted by atomic mass is 32.1. The predicted molar refractivity (Wildman–Crippen MR) is 79.6 cm³/mol. The molecule has 0 aromatic carbocycles. The van der Waals surface area contributed by atoms with Crippen LogP contribution in [0, 0.1) is 5.41 Å². The van der Waals surface area contributed by atoms with Gasteiger partial charge in [0.1, 0.15) is 10.7 Å². The van der Waals surface area contributed by atoms with Crippen LogP contribution in [0.2, 0.25) is 0 Å². The van der Waals surface area contributed by atoms with Gasteiger partial charge in [0.15, 0.2) is 5.13 Å². The minimum Gasteiger partial charge on any atom is -0.382 e. The van der Waals surface area contributed by atoms with E-state index in [0.29, 0.717) is 15.8 Å². The highest BCUT2D eigenvalue weighted by Gasteiger charge is 2.29. The van der Waals surface area contributed by atoms with Crippen LogP contribution < -0.4 is 16.4 Å². The number of hydrogen-bond acceptors (Lipinski definition) is 5. The number of hydrogen-bond donors (Lipinski definition) is 3. The van der Waals surface area contributed by atoms with Gasteiger partial charge < -0.3 is 16.4 Å². The Bertz CT molecular complexity index is 451. The molecular weight excluding hydrogens is 260 g/mol. The van der Waals surface area contributed by atoms with Gasteiger partial charge in [0.05, 0.1) is 0 Å². The van der Waals surface area contributed by atoms with Gasteiger partial charge in [-0.15, -0.1) is 0 Å². The number of anilines is 2. The van der Waals surface area contributed by atoms with Crippen LogP contribution in [0.25, 0.3) is 0 Å². The number of nitrogens with one attached hydrogen (secondary N) is 2. The molecule has 0 unspecified atom stereocenters. The van der Waals surface area contributed by atoms with E-state index in [1.807, 2.05) is 6.92 Å². The van der Waals surface area contributed by atoms with Crippen molar-refractivity contribution in [2.75, 3.05) is 24.1 Å². The van der Waals surface area contributed by atoms with Gasteiger partial charge in [-0.1, -0.05) is 31.1 Å². The topological polar surface area (TPSA) is 80.0 Å². The molecule has 1 aliphatic carbocycles. The van der Waals surface area contributed by atoms with Crippen LogP contribution in [0.3, 0.4) is 0 Å². The molecule has 0 atom stereocenters. The Morgan fingerprint density at radius 3 is 2.79 bits per heavy atom. The van der Waals surface area contributed by atoms with Crippen molar-refractivity contribution >= 4 is 28.2 Å². The number of carbonyl (C=O) groups excluding carboxylic acids is 1. The lowest BCUT2D eigenvalue weighted by Crippen LogP contribution is -2.34. The number of nitrogen functional groups attached to an aromatic ring is 1. The summed E-state index contributed by atoms with van der Waals surface area (Å²) in [7, 11) is 0. The van der Waals surface area contributed by atoms with Crippen molar-refractivity contribution < 1.29 is 4.79 Å². The lowest BCUT2D eigenvalue weighted by Gasteiger charge is -2.23. The van der Waals surface area contributed by atoms with E-state index >= 15 is 0 Å². The molecule has 5 nitrogen and oxygen atoms in total. The Morgan fingerprint density at radius 1 is 1.47 bits per heavy atom. The highest BCUT2D eigenvalue weighted by Crippen LogP contribution is 2.36. The third-order valence-electron chi connectivity index (χ3n) is 3.67. The highest BCUT2D eigenvalue weighted by molar-refractivity contribution is 7.18. The number of nitrogens with zero attached hydrogens (tertiary/aromatic N) is 1. The molecule has 1 fully saturated rings. The molecule has 1 aromatic heterocycles. The third kappa shape index (κ3) is 3.37. The van der Waals surface area contributed by atoms with Crippen molar-refractivity contribution in [2.24, 2.45) is 5.41 Å². The Labute approximate surface area is 118 Å². The monoisotopic (exact) mass is 282 g/mol. The number of amides is 1. The molecule has 0 aliphatic heterocycles. The second-order valence-corrected chi connectivity index (χ2v) is 6.46. The molecule has 106 valence electrons. The molecule has 0 spiro atoms. The molecule has 0 radical (unpaired) electrons. The first-order valence-electron chi connectivity index (χ1n) is 6.82. The minimum atomic E-state index is -0.104. The molecule has 6 heteroatoms. The van der Waals surface area contributed by atoms with E-state index in [4.69, 9.17) is 5.73 Å². The first-order chi connectivity index (χ1) is 9.04. The number of aromatic nitrogens is 1. The fourth-order valence-electron chi connectivity index (χ4n) is 2.50. The zero-order valence-electron chi connectivity index (χ0n) is 11.6. The van der Waals surface area contributed by atoms with Gasteiger partial charge in [-0.2, -0.15) is 0 Å². The van der Waals surface area contributed by atoms with Crippen molar-refractivity contribution in [3.63, 3.8) is 0 Å². The summed E-state index contributed by atoms with van der Waals surface area (Å²) in [4.78, 5) is 16.8. The molecule has 1 aliphatic rings. The van der Waals surface area contributed by atoms with Crippen LogP contribution in [0.4, 0.5) is 10.9 Å². The summed E-state index contributed by atoms with van der Waals surface area (Å²) in [6, 6.07) is 0. The van der Waals surface area contributed by atoms with Gasteiger partial charge in [0.2, 0.25) is 0 Å². The van der Waals surface area contributed by atoms with Crippen molar-refractivity contribution in [3.8, 4) is 0 Å². The Morgan fingerprint density at radius 2 is 2.16 bits per heavy atom. The fourth-order valence-corrected chi connectivity index (χ4v) is 3.37. The molecular formula is C13H22N4OS. The van der Waals surface area contributed by atoms with Crippen molar-refractivity contribution in [2.45, 2.75) is 39.5 Å². The fraction of sp³-hybridized carbons (Fsp3) is 0.692. The van der Waals surface area contributed by atoms with Gasteiger partial charge >= 0.3 is 0 Å². The first kappa shape index (κ1) is 14.1. The molecule has 2 rings (SSSR count). The molecule has 1 amide bonds. The van der Waals surface area contributed by atoms with Crippen molar-refractivity contribution in [1.82, 2.24) is 10.3 Å². The predicted octanol–water partition coefficient (Wildman–Crippen LogP) is 2.47. The summed E-state index contributed by atoms with van der Waals surface area (Å²) in [5, 5.41) is 6.78. The third-order valence-corrected chi connectivity index (χ3v) is 4.70. The molecule has 0 bridgehead atoms. The average molecular weight is 282 g/mol. The van der Waals surface area contributed by atoms with Gasteiger partial charge in [-0.05, 0) is 25.2 Å². The second-order valence-electron chi connectivity index (χ2n) is 5.46. The van der Waals surface area contributed by atoms with Gasteiger partial charge in [0, 0.05) is 13.1 Å². The largest absolute Gasteiger partial charge is 0.382 e. The molecule has 1 heterocycles. The number of thiazole rings is 1. The summed E-state index contributed by atoms with van der Waals surface area (Å²) < 4.78 is 0. The summed E-state index contributed by atoms with van der Waals surface area (Å²) >= 11 is 1.31. The molecule has 4 N–H and O–H groups in total. The average Bonchev–Trinajstić information content (AvgIpc) is 2.94. The standard InChI is InChI=1S/C13H22N4OS/c1-3-15-12-17-10(14)9(19-12)11(18)16-8-13(2)6-4-5-7-13/h3-8,14H2,1-2H3,(H,15,17)(H,16,18). The van der Waals surface area contributed by atoms with E-state index in [0.717, 1.165) is 13.1 Å². The lowest BCUT2D eigenvalue weighted by molar-refractivity contribution is 0.0939. The SMILES string of the molecule is CCNc1nc(N)c(C(=O)NCC2(C)CCCC2)s1. The van der Waals surface area contributed by atoms with E-state index in [9.17, 15) is 4.79 Å². The number of carbonyl (C=O) groups is 1. The van der Waals surface area contributed by atoms with E-state index in [2.05, 4.69) is 22.5 Å². The van der Waals surface area contributed by atoms with Crippen LogP contribution in [-0.2, 0) is 0 Å². The lowest BCUT2D eigenvalue weighted by atomic mass is 9.89. The zero-order chi connectivity index (χ0) is 13.9. The summed E-state index contributed by atoms with van der Waals surface area (Å²) in [6.07, 6.45) is 4.90. The van der Waals surface area contributed by atoms with E-state index in [1.165, 1.54) is 37.0 Å². The molecule has 19 heavy (non-hydrogen) atoms. The smallest absolute Gasteiger partial charge is 0.265 e. The summed E-state index contributed by atoms with van der Waals surface area (Å²) in [5.74, 6) is 0.210.